The smallest absolute Gasteiger partial charge is 0.251 e. The third kappa shape index (κ3) is 4.48. The third-order valence-electron chi connectivity index (χ3n) is 4.02. The summed E-state index contributed by atoms with van der Waals surface area (Å²) in [5, 5.41) is 5.19. The van der Waals surface area contributed by atoms with Crippen molar-refractivity contribution in [2.24, 2.45) is 0 Å². The van der Waals surface area contributed by atoms with E-state index in [9.17, 15) is 18.0 Å². The normalized spacial score (nSPS) is 18.6. The molecule has 25 heavy (non-hydrogen) atoms. The van der Waals surface area contributed by atoms with Crippen LogP contribution in [0.1, 0.15) is 16.8 Å². The van der Waals surface area contributed by atoms with Crippen molar-refractivity contribution in [1.29, 1.82) is 0 Å². The summed E-state index contributed by atoms with van der Waals surface area (Å²) in [6.07, 6.45) is 4.17. The van der Waals surface area contributed by atoms with Crippen LogP contribution in [-0.4, -0.2) is 48.9 Å². The number of hydrogen-bond acceptors (Lipinski definition) is 4. The Labute approximate surface area is 146 Å². The fourth-order valence-corrected chi connectivity index (χ4v) is 4.44. The fourth-order valence-electron chi connectivity index (χ4n) is 2.76. The van der Waals surface area contributed by atoms with Crippen LogP contribution in [0, 0.1) is 0 Å². The Morgan fingerprint density at radius 3 is 2.60 bits per heavy atom. The topological polar surface area (TPSA) is 97.3 Å². The quantitative estimate of drug-likeness (QED) is 0.811. The number of carbonyl (C=O) groups excluding carboxylic acids is 2. The third-order valence-corrected chi connectivity index (χ3v) is 5.79. The minimum atomic E-state index is -3.05. The fraction of sp³-hybridized carbons (Fsp3) is 0.294. The van der Waals surface area contributed by atoms with Gasteiger partial charge in [0.1, 0.15) is 0 Å². The number of amides is 2. The molecule has 3 rings (SSSR count). The van der Waals surface area contributed by atoms with Gasteiger partial charge < -0.3 is 15.2 Å². The molecular formula is C17H19N3O4S. The zero-order valence-electron chi connectivity index (χ0n) is 13.5. The number of nitrogens with zero attached hydrogens (tertiary/aromatic N) is 1. The molecule has 0 aliphatic carbocycles. The predicted molar refractivity (Wildman–Crippen MR) is 93.3 cm³/mol. The number of nitrogens with one attached hydrogen (secondary N) is 2. The lowest BCUT2D eigenvalue weighted by Gasteiger charge is -2.12. The van der Waals surface area contributed by atoms with Gasteiger partial charge >= 0.3 is 0 Å². The molecule has 1 aliphatic heterocycles. The van der Waals surface area contributed by atoms with E-state index < -0.39 is 15.7 Å². The molecule has 2 N–H and O–H groups in total. The summed E-state index contributed by atoms with van der Waals surface area (Å²) < 4.78 is 24.6. The van der Waals surface area contributed by atoms with Crippen LogP contribution >= 0.6 is 0 Å². The molecule has 1 aliphatic rings. The largest absolute Gasteiger partial charge is 0.351 e. The molecule has 1 fully saturated rings. The van der Waals surface area contributed by atoms with Crippen molar-refractivity contribution in [3.63, 3.8) is 0 Å². The summed E-state index contributed by atoms with van der Waals surface area (Å²) in [6.45, 7) is -0.191. The summed E-state index contributed by atoms with van der Waals surface area (Å²) in [5.41, 5.74) is 1.29. The highest BCUT2D eigenvalue weighted by Crippen LogP contribution is 2.12. The summed E-state index contributed by atoms with van der Waals surface area (Å²) in [4.78, 5) is 24.1. The average Bonchev–Trinajstić information content (AvgIpc) is 3.22. The van der Waals surface area contributed by atoms with Crippen LogP contribution in [0.2, 0.25) is 0 Å². The van der Waals surface area contributed by atoms with Gasteiger partial charge in [0.05, 0.1) is 18.1 Å². The molecule has 1 unspecified atom stereocenters. The number of aromatic nitrogens is 1. The first-order valence-electron chi connectivity index (χ1n) is 7.94. The van der Waals surface area contributed by atoms with Gasteiger partial charge in [-0.15, -0.1) is 0 Å². The first kappa shape index (κ1) is 17.2. The van der Waals surface area contributed by atoms with Gasteiger partial charge in [-0.25, -0.2) is 8.42 Å². The first-order valence-corrected chi connectivity index (χ1v) is 9.76. The van der Waals surface area contributed by atoms with Gasteiger partial charge in [-0.1, -0.05) is 6.07 Å². The molecule has 2 amide bonds. The molecule has 2 aromatic rings. The molecule has 1 aromatic heterocycles. The van der Waals surface area contributed by atoms with E-state index in [0.29, 0.717) is 12.0 Å². The summed E-state index contributed by atoms with van der Waals surface area (Å²) in [5.74, 6) is -0.692. The number of rotatable bonds is 5. The summed E-state index contributed by atoms with van der Waals surface area (Å²) in [7, 11) is -3.05. The zero-order valence-corrected chi connectivity index (χ0v) is 14.3. The monoisotopic (exact) mass is 361 g/mol. The molecule has 0 saturated carbocycles. The molecular weight excluding hydrogens is 342 g/mol. The van der Waals surface area contributed by atoms with Gasteiger partial charge in [-0.3, -0.25) is 9.59 Å². The van der Waals surface area contributed by atoms with E-state index in [4.69, 9.17) is 0 Å². The van der Waals surface area contributed by atoms with E-state index in [1.165, 1.54) is 0 Å². The lowest BCUT2D eigenvalue weighted by Crippen LogP contribution is -2.42. The van der Waals surface area contributed by atoms with Gasteiger partial charge in [0, 0.05) is 29.7 Å². The van der Waals surface area contributed by atoms with Crippen molar-refractivity contribution >= 4 is 21.7 Å². The average molecular weight is 361 g/mol. The summed E-state index contributed by atoms with van der Waals surface area (Å²) >= 11 is 0. The van der Waals surface area contributed by atoms with Crippen molar-refractivity contribution in [1.82, 2.24) is 15.2 Å². The molecule has 8 heteroatoms. The van der Waals surface area contributed by atoms with E-state index in [1.54, 1.807) is 18.2 Å². The van der Waals surface area contributed by atoms with E-state index >= 15 is 0 Å². The van der Waals surface area contributed by atoms with Crippen LogP contribution in [0.25, 0.3) is 5.69 Å². The van der Waals surface area contributed by atoms with E-state index in [-0.39, 0.29) is 30.0 Å². The lowest BCUT2D eigenvalue weighted by molar-refractivity contribution is -0.120. The van der Waals surface area contributed by atoms with Gasteiger partial charge in [-0.05, 0) is 36.8 Å². The highest BCUT2D eigenvalue weighted by atomic mass is 32.2. The molecule has 1 aromatic carbocycles. The Kier molecular flexibility index (Phi) is 4.89. The van der Waals surface area contributed by atoms with Crippen LogP contribution in [0.15, 0.2) is 48.8 Å². The van der Waals surface area contributed by atoms with Gasteiger partial charge in [-0.2, -0.15) is 0 Å². The second-order valence-electron chi connectivity index (χ2n) is 5.99. The van der Waals surface area contributed by atoms with Crippen molar-refractivity contribution in [2.75, 3.05) is 18.1 Å². The van der Waals surface area contributed by atoms with Crippen molar-refractivity contribution < 1.29 is 18.0 Å². The maximum Gasteiger partial charge on any atom is 0.251 e. The molecule has 1 atom stereocenters. The molecule has 0 bridgehead atoms. The minimum absolute atomic E-state index is 0.0361. The van der Waals surface area contributed by atoms with Crippen LogP contribution < -0.4 is 10.6 Å². The van der Waals surface area contributed by atoms with Crippen molar-refractivity contribution in [3.8, 4) is 5.69 Å². The molecule has 7 nitrogen and oxygen atoms in total. The Balaban J connectivity index is 1.54. The standard InChI is InChI=1S/C17H19N3O4S/c21-16(19-14-6-9-25(23,24)12-14)11-18-17(22)13-4-3-5-15(10-13)20-7-1-2-8-20/h1-5,7-8,10,14H,6,9,11-12H2,(H,18,22)(H,19,21). The number of sulfone groups is 1. The molecule has 0 radical (unpaired) electrons. The first-order chi connectivity index (χ1) is 11.9. The Morgan fingerprint density at radius 2 is 1.92 bits per heavy atom. The maximum atomic E-state index is 12.2. The van der Waals surface area contributed by atoms with Gasteiger partial charge in [0.2, 0.25) is 5.91 Å². The van der Waals surface area contributed by atoms with Crippen molar-refractivity contribution in [2.45, 2.75) is 12.5 Å². The SMILES string of the molecule is O=C(CNC(=O)c1cccc(-n2cccc2)c1)NC1CCS(=O)(=O)C1. The molecule has 0 spiro atoms. The van der Waals surface area contributed by atoms with Crippen LogP contribution in [0.3, 0.4) is 0 Å². The highest BCUT2D eigenvalue weighted by molar-refractivity contribution is 7.91. The van der Waals surface area contributed by atoms with Crippen LogP contribution in [0.5, 0.6) is 0 Å². The molecule has 132 valence electrons. The van der Waals surface area contributed by atoms with Crippen LogP contribution in [0.4, 0.5) is 0 Å². The molecule has 1 saturated heterocycles. The van der Waals surface area contributed by atoms with E-state index in [1.807, 2.05) is 35.2 Å². The Bertz CT molecular complexity index is 875. The number of carbonyl (C=O) groups is 2. The van der Waals surface area contributed by atoms with Crippen molar-refractivity contribution in [3.05, 3.63) is 54.4 Å². The van der Waals surface area contributed by atoms with Gasteiger partial charge in [0.25, 0.3) is 5.91 Å². The predicted octanol–water partition coefficient (Wildman–Crippen LogP) is 0.510. The number of benzene rings is 1. The Morgan fingerprint density at radius 1 is 1.16 bits per heavy atom. The molecule has 2 heterocycles. The zero-order chi connectivity index (χ0) is 17.9. The van der Waals surface area contributed by atoms with Gasteiger partial charge in [0.15, 0.2) is 9.84 Å². The summed E-state index contributed by atoms with van der Waals surface area (Å²) in [6, 6.07) is 10.5. The Hall–Kier alpha value is -2.61. The highest BCUT2D eigenvalue weighted by Gasteiger charge is 2.28. The second kappa shape index (κ2) is 7.10. The minimum Gasteiger partial charge on any atom is -0.351 e. The van der Waals surface area contributed by atoms with E-state index in [2.05, 4.69) is 10.6 Å². The second-order valence-corrected chi connectivity index (χ2v) is 8.22. The lowest BCUT2D eigenvalue weighted by atomic mass is 10.2. The number of hydrogen-bond donors (Lipinski definition) is 2. The van der Waals surface area contributed by atoms with E-state index in [0.717, 1.165) is 5.69 Å². The van der Waals surface area contributed by atoms with Crippen LogP contribution in [-0.2, 0) is 14.6 Å². The maximum absolute atomic E-state index is 12.2.